The molecule has 0 saturated heterocycles. The highest BCUT2D eigenvalue weighted by Crippen LogP contribution is 2.29. The first-order valence-corrected chi connectivity index (χ1v) is 9.02. The second-order valence-electron chi connectivity index (χ2n) is 7.63. The molecule has 1 aliphatic heterocycles. The Hall–Kier alpha value is -2.40. The molecule has 0 bridgehead atoms. The summed E-state index contributed by atoms with van der Waals surface area (Å²) >= 11 is 0. The van der Waals surface area contributed by atoms with Crippen molar-refractivity contribution >= 4 is 6.09 Å². The van der Waals surface area contributed by atoms with E-state index in [1.165, 1.54) is 33.7 Å². The molecule has 5 heteroatoms. The van der Waals surface area contributed by atoms with Crippen molar-refractivity contribution in [2.75, 3.05) is 20.7 Å². The number of fused-ring (bicyclic) bond motifs is 1. The van der Waals surface area contributed by atoms with E-state index in [0.717, 1.165) is 18.6 Å². The Morgan fingerprint density at radius 2 is 1.78 bits per heavy atom. The minimum atomic E-state index is -0.388. The zero-order valence-electron chi connectivity index (χ0n) is 16.7. The molecule has 1 aliphatic rings. The van der Waals surface area contributed by atoms with Gasteiger partial charge in [0.15, 0.2) is 0 Å². The third-order valence-corrected chi connectivity index (χ3v) is 3.94. The van der Waals surface area contributed by atoms with Gasteiger partial charge in [0.1, 0.15) is 11.4 Å². The van der Waals surface area contributed by atoms with Crippen molar-refractivity contribution in [2.24, 2.45) is 0 Å². The minimum absolute atomic E-state index is 0.193. The monoisotopic (exact) mass is 373 g/mol. The lowest BCUT2D eigenvalue weighted by Gasteiger charge is -2.22. The van der Waals surface area contributed by atoms with Crippen LogP contribution in [0.5, 0.6) is 0 Å². The van der Waals surface area contributed by atoms with Crippen molar-refractivity contribution < 1.29 is 18.7 Å². The smallest absolute Gasteiger partial charge is 0.409 e. The molecule has 1 heterocycles. The molecule has 0 aliphatic carbocycles. The largest absolute Gasteiger partial charge is 0.444 e. The summed E-state index contributed by atoms with van der Waals surface area (Å²) < 4.78 is 23.4. The van der Waals surface area contributed by atoms with Crippen LogP contribution in [-0.4, -0.2) is 37.3 Å². The minimum Gasteiger partial charge on any atom is -0.444 e. The highest BCUT2D eigenvalue weighted by Gasteiger charge is 2.17. The summed E-state index contributed by atoms with van der Waals surface area (Å²) in [6.45, 7) is 6.98. The Kier molecular flexibility index (Phi) is 6.97. The van der Waals surface area contributed by atoms with Crippen LogP contribution in [0.15, 0.2) is 42.5 Å². The van der Waals surface area contributed by atoms with Crippen LogP contribution in [0, 0.1) is 5.82 Å². The molecular weight excluding hydrogens is 345 g/mol. The van der Waals surface area contributed by atoms with E-state index < -0.39 is 0 Å². The van der Waals surface area contributed by atoms with Crippen LogP contribution in [-0.2, 0) is 22.5 Å². The SMILES string of the molecule is CN(C)C(=O)OC(C)(C)C.Fc1ccc(-c2cccc3c2CCOC3)cc1. The molecule has 0 atom stereocenters. The number of halogens is 1. The number of carbonyl (C=O) groups is 1. The maximum atomic E-state index is 12.9. The van der Waals surface area contributed by atoms with Crippen LogP contribution in [0.1, 0.15) is 31.9 Å². The van der Waals surface area contributed by atoms with Gasteiger partial charge in [-0.3, -0.25) is 0 Å². The summed E-state index contributed by atoms with van der Waals surface area (Å²) in [5, 5.41) is 0. The second kappa shape index (κ2) is 9.00. The van der Waals surface area contributed by atoms with E-state index >= 15 is 0 Å². The van der Waals surface area contributed by atoms with E-state index in [0.29, 0.717) is 6.61 Å². The molecule has 146 valence electrons. The van der Waals surface area contributed by atoms with Crippen LogP contribution in [0.3, 0.4) is 0 Å². The van der Waals surface area contributed by atoms with E-state index in [4.69, 9.17) is 9.47 Å². The number of amides is 1. The number of hydrogen-bond donors (Lipinski definition) is 0. The molecule has 2 aromatic carbocycles. The number of hydrogen-bond acceptors (Lipinski definition) is 3. The molecular formula is C22H28FNO3. The molecule has 0 unspecified atom stereocenters. The predicted molar refractivity (Wildman–Crippen MR) is 105 cm³/mol. The first-order valence-electron chi connectivity index (χ1n) is 9.02. The van der Waals surface area contributed by atoms with Crippen molar-refractivity contribution in [3.05, 3.63) is 59.4 Å². The highest BCUT2D eigenvalue weighted by molar-refractivity contribution is 5.69. The highest BCUT2D eigenvalue weighted by atomic mass is 19.1. The fourth-order valence-electron chi connectivity index (χ4n) is 2.67. The van der Waals surface area contributed by atoms with E-state index in [1.54, 1.807) is 14.1 Å². The van der Waals surface area contributed by atoms with E-state index in [9.17, 15) is 9.18 Å². The average Bonchev–Trinajstić information content (AvgIpc) is 2.61. The van der Waals surface area contributed by atoms with Crippen molar-refractivity contribution in [3.8, 4) is 11.1 Å². The number of rotatable bonds is 1. The van der Waals surface area contributed by atoms with Crippen molar-refractivity contribution in [3.63, 3.8) is 0 Å². The Morgan fingerprint density at radius 3 is 2.33 bits per heavy atom. The molecule has 27 heavy (non-hydrogen) atoms. The number of nitrogens with zero attached hydrogens (tertiary/aromatic N) is 1. The lowest BCUT2D eigenvalue weighted by atomic mass is 9.93. The topological polar surface area (TPSA) is 38.8 Å². The maximum absolute atomic E-state index is 12.9. The van der Waals surface area contributed by atoms with Crippen LogP contribution < -0.4 is 0 Å². The van der Waals surface area contributed by atoms with Gasteiger partial charge in [-0.05, 0) is 61.6 Å². The maximum Gasteiger partial charge on any atom is 0.409 e. The Labute approximate surface area is 160 Å². The van der Waals surface area contributed by atoms with Crippen molar-refractivity contribution in [1.29, 1.82) is 0 Å². The molecule has 3 rings (SSSR count). The Bertz CT molecular complexity index is 764. The molecule has 0 N–H and O–H groups in total. The molecule has 2 aromatic rings. The summed E-state index contributed by atoms with van der Waals surface area (Å²) in [6, 6.07) is 12.9. The van der Waals surface area contributed by atoms with Crippen LogP contribution >= 0.6 is 0 Å². The molecule has 0 spiro atoms. The van der Waals surface area contributed by atoms with Crippen molar-refractivity contribution in [1.82, 2.24) is 4.90 Å². The summed E-state index contributed by atoms with van der Waals surface area (Å²) in [4.78, 5) is 12.3. The third kappa shape index (κ3) is 6.36. The molecule has 0 fully saturated rings. The number of benzene rings is 2. The first-order chi connectivity index (χ1) is 12.7. The van der Waals surface area contributed by atoms with Gasteiger partial charge in [-0.1, -0.05) is 30.3 Å². The van der Waals surface area contributed by atoms with E-state index in [-0.39, 0.29) is 17.5 Å². The zero-order valence-corrected chi connectivity index (χ0v) is 16.7. The van der Waals surface area contributed by atoms with Crippen molar-refractivity contribution in [2.45, 2.75) is 39.4 Å². The summed E-state index contributed by atoms with van der Waals surface area (Å²) in [7, 11) is 3.32. The van der Waals surface area contributed by atoms with Gasteiger partial charge in [-0.25, -0.2) is 9.18 Å². The van der Waals surface area contributed by atoms with Gasteiger partial charge in [0.05, 0.1) is 13.2 Å². The summed E-state index contributed by atoms with van der Waals surface area (Å²) in [6.07, 6.45) is 0.635. The lowest BCUT2D eigenvalue weighted by molar-refractivity contribution is 0.0341. The van der Waals surface area contributed by atoms with Gasteiger partial charge in [-0.2, -0.15) is 0 Å². The van der Waals surface area contributed by atoms with Gasteiger partial charge in [0.25, 0.3) is 0 Å². The van der Waals surface area contributed by atoms with Gasteiger partial charge in [0, 0.05) is 14.1 Å². The Balaban J connectivity index is 0.000000227. The fraction of sp³-hybridized carbons (Fsp3) is 0.409. The second-order valence-corrected chi connectivity index (χ2v) is 7.63. The zero-order chi connectivity index (χ0) is 20.0. The van der Waals surface area contributed by atoms with Gasteiger partial charge < -0.3 is 14.4 Å². The van der Waals surface area contributed by atoms with Gasteiger partial charge in [0.2, 0.25) is 0 Å². The first kappa shape index (κ1) is 20.9. The van der Waals surface area contributed by atoms with Crippen LogP contribution in [0.2, 0.25) is 0 Å². The third-order valence-electron chi connectivity index (χ3n) is 3.94. The molecule has 0 aromatic heterocycles. The quantitative estimate of drug-likeness (QED) is 0.702. The number of ether oxygens (including phenoxy) is 2. The molecule has 4 nitrogen and oxygen atoms in total. The van der Waals surface area contributed by atoms with Crippen LogP contribution in [0.4, 0.5) is 9.18 Å². The summed E-state index contributed by atoms with van der Waals surface area (Å²) in [5.74, 6) is -0.193. The fourth-order valence-corrected chi connectivity index (χ4v) is 2.67. The lowest BCUT2D eigenvalue weighted by Crippen LogP contribution is -2.31. The van der Waals surface area contributed by atoms with Gasteiger partial charge >= 0.3 is 6.09 Å². The molecule has 0 radical (unpaired) electrons. The van der Waals surface area contributed by atoms with Gasteiger partial charge in [-0.15, -0.1) is 0 Å². The molecule has 0 saturated carbocycles. The average molecular weight is 373 g/mol. The number of carbonyl (C=O) groups excluding carboxylic acids is 1. The van der Waals surface area contributed by atoms with E-state index in [2.05, 4.69) is 12.1 Å². The van der Waals surface area contributed by atoms with E-state index in [1.807, 2.05) is 39.0 Å². The van der Waals surface area contributed by atoms with Crippen LogP contribution in [0.25, 0.3) is 11.1 Å². The predicted octanol–water partition coefficient (Wildman–Crippen LogP) is 5.05. The summed E-state index contributed by atoms with van der Waals surface area (Å²) in [5.41, 5.74) is 4.47. The molecule has 1 amide bonds. The standard InChI is InChI=1S/C15H13FO.C7H15NO2/c16-13-6-4-11(5-7-13)14-3-1-2-12-10-17-9-8-15(12)14;1-7(2,3)10-6(9)8(4)5/h1-7H,8-10H2;1-5H3. The Morgan fingerprint density at radius 1 is 1.11 bits per heavy atom. The normalized spacial score (nSPS) is 13.1.